The van der Waals surface area contributed by atoms with E-state index in [0.717, 1.165) is 10.9 Å². The zero-order chi connectivity index (χ0) is 19.5. The fourth-order valence-electron chi connectivity index (χ4n) is 2.96. The molecule has 0 aliphatic carbocycles. The van der Waals surface area contributed by atoms with Crippen LogP contribution < -0.4 is 10.1 Å². The number of hydrogen-bond donors (Lipinski definition) is 1. The third kappa shape index (κ3) is 3.68. The molecule has 2 aromatic carbocycles. The van der Waals surface area contributed by atoms with Crippen LogP contribution in [0.2, 0.25) is 0 Å². The van der Waals surface area contributed by atoms with E-state index in [4.69, 9.17) is 4.74 Å². The highest BCUT2D eigenvalue weighted by atomic mass is 79.9. The van der Waals surface area contributed by atoms with Crippen LogP contribution >= 0.6 is 15.9 Å². The molecule has 0 saturated heterocycles. The molecular formula is C20H17BrFN5O. The third-order valence-electron chi connectivity index (χ3n) is 4.33. The van der Waals surface area contributed by atoms with Gasteiger partial charge in [0, 0.05) is 7.05 Å². The van der Waals surface area contributed by atoms with Gasteiger partial charge in [0.2, 0.25) is 0 Å². The number of rotatable bonds is 6. The lowest BCUT2D eigenvalue weighted by Crippen LogP contribution is -2.20. The highest BCUT2D eigenvalue weighted by molar-refractivity contribution is 9.10. The molecule has 1 unspecified atom stereocenters. The molecule has 0 aliphatic rings. The first-order valence-corrected chi connectivity index (χ1v) is 9.45. The summed E-state index contributed by atoms with van der Waals surface area (Å²) in [6.07, 6.45) is 1.48. The molecule has 4 aromatic rings. The zero-order valence-corrected chi connectivity index (χ0v) is 16.6. The van der Waals surface area contributed by atoms with E-state index in [1.54, 1.807) is 22.9 Å². The monoisotopic (exact) mass is 441 g/mol. The molecule has 0 radical (unpaired) electrons. The highest BCUT2D eigenvalue weighted by Crippen LogP contribution is 2.30. The van der Waals surface area contributed by atoms with E-state index >= 15 is 0 Å². The minimum atomic E-state index is -0.395. The lowest BCUT2D eigenvalue weighted by Gasteiger charge is -2.21. The molecule has 0 amide bonds. The van der Waals surface area contributed by atoms with Gasteiger partial charge in [-0.25, -0.2) is 19.0 Å². The Morgan fingerprint density at radius 2 is 1.86 bits per heavy atom. The van der Waals surface area contributed by atoms with Crippen LogP contribution in [0.1, 0.15) is 11.6 Å². The number of ether oxygens (including phenoxy) is 1. The van der Waals surface area contributed by atoms with E-state index in [1.807, 2.05) is 37.4 Å². The van der Waals surface area contributed by atoms with Gasteiger partial charge in [-0.05, 0) is 33.6 Å². The molecule has 0 saturated carbocycles. The molecule has 1 atom stereocenters. The number of aromatic nitrogens is 4. The average Bonchev–Trinajstić information content (AvgIpc) is 3.01. The highest BCUT2D eigenvalue weighted by Gasteiger charge is 2.19. The molecule has 8 heteroatoms. The van der Waals surface area contributed by atoms with Crippen LogP contribution in [-0.4, -0.2) is 26.4 Å². The van der Waals surface area contributed by atoms with Crippen molar-refractivity contribution in [3.8, 4) is 5.75 Å². The summed E-state index contributed by atoms with van der Waals surface area (Å²) in [6, 6.07) is 15.9. The van der Waals surface area contributed by atoms with Crippen LogP contribution in [0.5, 0.6) is 5.75 Å². The number of hydrogen-bond acceptors (Lipinski definition) is 5. The molecule has 1 N–H and O–H groups in total. The number of aryl methyl sites for hydroxylation is 1. The van der Waals surface area contributed by atoms with Gasteiger partial charge in [-0.2, -0.15) is 5.10 Å². The van der Waals surface area contributed by atoms with Gasteiger partial charge in [-0.1, -0.05) is 42.5 Å². The van der Waals surface area contributed by atoms with Crippen molar-refractivity contribution >= 4 is 32.8 Å². The first-order chi connectivity index (χ1) is 13.6. The number of anilines is 1. The molecule has 2 heterocycles. The van der Waals surface area contributed by atoms with Gasteiger partial charge in [0.15, 0.2) is 17.2 Å². The average molecular weight is 442 g/mol. The number of nitrogens with zero attached hydrogens (tertiary/aromatic N) is 4. The quantitative estimate of drug-likeness (QED) is 0.477. The van der Waals surface area contributed by atoms with Gasteiger partial charge in [-0.15, -0.1) is 0 Å². The smallest absolute Gasteiger partial charge is 0.165 e. The number of benzene rings is 2. The zero-order valence-electron chi connectivity index (χ0n) is 15.0. The second-order valence-electron chi connectivity index (χ2n) is 6.18. The van der Waals surface area contributed by atoms with Crippen LogP contribution in [0.4, 0.5) is 10.2 Å². The summed E-state index contributed by atoms with van der Waals surface area (Å²) in [5.41, 5.74) is 1.69. The number of para-hydroxylation sites is 1. The minimum absolute atomic E-state index is 0.209. The summed E-state index contributed by atoms with van der Waals surface area (Å²) in [5.74, 6) is 0.435. The predicted molar refractivity (Wildman–Crippen MR) is 109 cm³/mol. The van der Waals surface area contributed by atoms with Crippen molar-refractivity contribution in [2.75, 3.05) is 11.9 Å². The second-order valence-corrected chi connectivity index (χ2v) is 6.94. The van der Waals surface area contributed by atoms with E-state index in [0.29, 0.717) is 16.1 Å². The molecule has 28 heavy (non-hydrogen) atoms. The summed E-state index contributed by atoms with van der Waals surface area (Å²) in [4.78, 5) is 8.67. The lowest BCUT2D eigenvalue weighted by molar-refractivity contribution is 0.284. The molecular weight excluding hydrogens is 425 g/mol. The molecule has 6 nitrogen and oxygen atoms in total. The van der Waals surface area contributed by atoms with Gasteiger partial charge in [0.25, 0.3) is 0 Å². The van der Waals surface area contributed by atoms with Gasteiger partial charge >= 0.3 is 0 Å². The maximum absolute atomic E-state index is 14.0. The topological polar surface area (TPSA) is 64.9 Å². The number of halogens is 2. The van der Waals surface area contributed by atoms with Crippen LogP contribution in [0.25, 0.3) is 11.0 Å². The van der Waals surface area contributed by atoms with E-state index in [1.165, 1.54) is 12.4 Å². The van der Waals surface area contributed by atoms with Crippen LogP contribution in [0.3, 0.4) is 0 Å². The van der Waals surface area contributed by atoms with Crippen molar-refractivity contribution in [1.82, 2.24) is 19.7 Å². The van der Waals surface area contributed by atoms with Crippen molar-refractivity contribution in [3.05, 3.63) is 76.9 Å². The fraction of sp³-hybridized carbons (Fsp3) is 0.150. The maximum Gasteiger partial charge on any atom is 0.165 e. The maximum atomic E-state index is 14.0. The SMILES string of the molecule is Cn1nc(Br)c2c(NC(COc3ccccc3F)c3ccccc3)ncnc21. The van der Waals surface area contributed by atoms with Crippen LogP contribution in [0.15, 0.2) is 65.5 Å². The Bertz CT molecular complexity index is 1100. The van der Waals surface area contributed by atoms with Gasteiger partial charge in [-0.3, -0.25) is 0 Å². The molecule has 4 rings (SSSR count). The summed E-state index contributed by atoms with van der Waals surface area (Å²) >= 11 is 3.47. The van der Waals surface area contributed by atoms with E-state index < -0.39 is 5.82 Å². The largest absolute Gasteiger partial charge is 0.488 e. The number of nitrogens with one attached hydrogen (secondary N) is 1. The van der Waals surface area contributed by atoms with Crippen LogP contribution in [-0.2, 0) is 7.05 Å². The Kier molecular flexibility index (Phi) is 5.21. The van der Waals surface area contributed by atoms with E-state index in [-0.39, 0.29) is 18.4 Å². The molecule has 142 valence electrons. The summed E-state index contributed by atoms with van der Waals surface area (Å²) in [7, 11) is 1.82. The lowest BCUT2D eigenvalue weighted by atomic mass is 10.1. The van der Waals surface area contributed by atoms with Crippen molar-refractivity contribution in [1.29, 1.82) is 0 Å². The first-order valence-electron chi connectivity index (χ1n) is 8.65. The number of fused-ring (bicyclic) bond motifs is 1. The van der Waals surface area contributed by atoms with Crippen LogP contribution in [0, 0.1) is 5.82 Å². The van der Waals surface area contributed by atoms with E-state index in [9.17, 15) is 4.39 Å². The molecule has 0 fully saturated rings. The molecule has 2 aromatic heterocycles. The Morgan fingerprint density at radius 3 is 2.64 bits per heavy atom. The Hall–Kier alpha value is -3.00. The minimum Gasteiger partial charge on any atom is -0.488 e. The third-order valence-corrected chi connectivity index (χ3v) is 4.89. The predicted octanol–water partition coefficient (Wildman–Crippen LogP) is 4.50. The Labute approximate surface area is 169 Å². The van der Waals surface area contributed by atoms with E-state index in [2.05, 4.69) is 36.3 Å². The first kappa shape index (κ1) is 18.4. The molecule has 0 bridgehead atoms. The summed E-state index contributed by atoms with van der Waals surface area (Å²) in [5, 5.41) is 8.52. The van der Waals surface area contributed by atoms with Gasteiger partial charge in [0.05, 0.1) is 11.4 Å². The summed E-state index contributed by atoms with van der Waals surface area (Å²) in [6.45, 7) is 0.217. The van der Waals surface area contributed by atoms with Gasteiger partial charge in [0.1, 0.15) is 23.4 Å². The standard InChI is InChI=1S/C20H17BrFN5O/c1-27-20-17(18(21)26-27)19(23-12-24-20)25-15(13-7-3-2-4-8-13)11-28-16-10-6-5-9-14(16)22/h2-10,12,15H,11H2,1H3,(H,23,24,25). The Morgan fingerprint density at radius 1 is 1.11 bits per heavy atom. The van der Waals surface area contributed by atoms with Crippen molar-refractivity contribution in [3.63, 3.8) is 0 Å². The molecule has 0 spiro atoms. The van der Waals surface area contributed by atoms with Gasteiger partial charge < -0.3 is 10.1 Å². The fourth-order valence-corrected chi connectivity index (χ4v) is 3.56. The summed E-state index contributed by atoms with van der Waals surface area (Å²) < 4.78 is 22.0. The Balaban J connectivity index is 1.66. The van der Waals surface area contributed by atoms with Crippen molar-refractivity contribution in [2.24, 2.45) is 7.05 Å². The normalized spacial score (nSPS) is 12.1. The molecule has 0 aliphatic heterocycles. The van der Waals surface area contributed by atoms with Crippen molar-refractivity contribution in [2.45, 2.75) is 6.04 Å². The van der Waals surface area contributed by atoms with Crippen molar-refractivity contribution < 1.29 is 9.13 Å². The second kappa shape index (κ2) is 7.93.